The lowest BCUT2D eigenvalue weighted by molar-refractivity contribution is 0.193. The van der Waals surface area contributed by atoms with E-state index in [1.807, 2.05) is 48.5 Å². The lowest BCUT2D eigenvalue weighted by atomic mass is 10.0. The standard InChI is InChI=1S/C18H23N3OS.C6H6/c1-13(14-5-7-16(23-2)8-6-14)10-19-11-15-12-21-17-4-3-9-20-18(17)22-15;1-2-4-6-5-3-1/h3-9,13,15,19,21H,10-12H2,1-2H3;1-6H. The van der Waals surface area contributed by atoms with Crippen LogP contribution in [0.3, 0.4) is 0 Å². The first-order valence-electron chi connectivity index (χ1n) is 9.96. The molecule has 2 aromatic carbocycles. The number of hydrogen-bond acceptors (Lipinski definition) is 5. The third kappa shape index (κ3) is 6.80. The fourth-order valence-electron chi connectivity index (χ4n) is 3.05. The van der Waals surface area contributed by atoms with Crippen LogP contribution in [-0.2, 0) is 0 Å². The van der Waals surface area contributed by atoms with Crippen LogP contribution in [0, 0.1) is 0 Å². The van der Waals surface area contributed by atoms with E-state index < -0.39 is 0 Å². The van der Waals surface area contributed by atoms with Crippen molar-refractivity contribution >= 4 is 17.4 Å². The topological polar surface area (TPSA) is 46.2 Å². The van der Waals surface area contributed by atoms with Crippen molar-refractivity contribution in [2.75, 3.05) is 31.2 Å². The second-order valence-electron chi connectivity index (χ2n) is 6.96. The maximum atomic E-state index is 5.91. The Kier molecular flexibility index (Phi) is 8.40. The summed E-state index contributed by atoms with van der Waals surface area (Å²) in [6.07, 6.45) is 3.98. The Morgan fingerprint density at radius 1 is 1.07 bits per heavy atom. The van der Waals surface area contributed by atoms with Crippen molar-refractivity contribution in [2.24, 2.45) is 0 Å². The molecule has 0 fully saturated rings. The summed E-state index contributed by atoms with van der Waals surface area (Å²) in [5.74, 6) is 1.18. The molecule has 2 unspecified atom stereocenters. The molecule has 2 N–H and O–H groups in total. The zero-order valence-corrected chi connectivity index (χ0v) is 17.9. The molecule has 3 aromatic rings. The molecule has 0 saturated carbocycles. The number of benzene rings is 2. The minimum Gasteiger partial charge on any atom is -0.470 e. The molecule has 0 aliphatic carbocycles. The summed E-state index contributed by atoms with van der Waals surface area (Å²) in [7, 11) is 0. The van der Waals surface area contributed by atoms with Crippen LogP contribution in [-0.4, -0.2) is 37.0 Å². The molecule has 1 aliphatic rings. The second kappa shape index (κ2) is 11.5. The molecule has 4 rings (SSSR count). The van der Waals surface area contributed by atoms with Gasteiger partial charge in [-0.15, -0.1) is 11.8 Å². The molecular weight excluding hydrogens is 378 g/mol. The van der Waals surface area contributed by atoms with Crippen LogP contribution in [0.15, 0.2) is 83.9 Å². The number of aromatic nitrogens is 1. The third-order valence-corrected chi connectivity index (χ3v) is 5.49. The largest absolute Gasteiger partial charge is 0.470 e. The molecule has 4 nitrogen and oxygen atoms in total. The highest BCUT2D eigenvalue weighted by Gasteiger charge is 2.19. The summed E-state index contributed by atoms with van der Waals surface area (Å²) in [6.45, 7) is 4.81. The summed E-state index contributed by atoms with van der Waals surface area (Å²) in [5, 5.41) is 6.88. The monoisotopic (exact) mass is 407 g/mol. The molecule has 1 aromatic heterocycles. The zero-order valence-electron chi connectivity index (χ0n) is 17.0. The number of ether oxygens (including phenoxy) is 1. The molecule has 5 heteroatoms. The van der Waals surface area contributed by atoms with Crippen molar-refractivity contribution < 1.29 is 4.74 Å². The van der Waals surface area contributed by atoms with E-state index in [1.54, 1.807) is 18.0 Å². The van der Waals surface area contributed by atoms with E-state index in [4.69, 9.17) is 4.74 Å². The van der Waals surface area contributed by atoms with Crippen LogP contribution in [0.2, 0.25) is 0 Å². The van der Waals surface area contributed by atoms with E-state index in [-0.39, 0.29) is 6.10 Å². The van der Waals surface area contributed by atoms with Gasteiger partial charge in [0, 0.05) is 24.2 Å². The van der Waals surface area contributed by atoms with Gasteiger partial charge in [-0.3, -0.25) is 0 Å². The summed E-state index contributed by atoms with van der Waals surface area (Å²) >= 11 is 1.78. The normalized spacial score (nSPS) is 15.7. The van der Waals surface area contributed by atoms with Crippen molar-refractivity contribution in [1.82, 2.24) is 10.3 Å². The van der Waals surface area contributed by atoms with Crippen LogP contribution in [0.1, 0.15) is 18.4 Å². The number of thioether (sulfide) groups is 1. The summed E-state index contributed by atoms with van der Waals surface area (Å²) in [5.41, 5.74) is 2.34. The number of nitrogens with zero attached hydrogens (tertiary/aromatic N) is 1. The van der Waals surface area contributed by atoms with Gasteiger partial charge >= 0.3 is 0 Å². The summed E-state index contributed by atoms with van der Waals surface area (Å²) in [4.78, 5) is 5.57. The minimum absolute atomic E-state index is 0.114. The highest BCUT2D eigenvalue weighted by atomic mass is 32.2. The average molecular weight is 408 g/mol. The molecule has 2 atom stereocenters. The van der Waals surface area contributed by atoms with E-state index in [0.717, 1.165) is 25.3 Å². The Labute approximate surface area is 178 Å². The first kappa shape index (κ1) is 21.2. The summed E-state index contributed by atoms with van der Waals surface area (Å²) in [6, 6.07) is 24.7. The first-order valence-corrected chi connectivity index (χ1v) is 11.2. The number of anilines is 1. The Morgan fingerprint density at radius 3 is 2.41 bits per heavy atom. The van der Waals surface area contributed by atoms with Crippen LogP contribution in [0.5, 0.6) is 5.88 Å². The van der Waals surface area contributed by atoms with Gasteiger partial charge < -0.3 is 15.4 Å². The Morgan fingerprint density at radius 2 is 1.76 bits per heavy atom. The number of nitrogens with one attached hydrogen (secondary N) is 2. The van der Waals surface area contributed by atoms with Gasteiger partial charge in [-0.1, -0.05) is 55.5 Å². The SMILES string of the molecule is CSc1ccc(C(C)CNCC2CNc3cccnc3O2)cc1.c1ccccc1. The van der Waals surface area contributed by atoms with Crippen molar-refractivity contribution in [3.8, 4) is 5.88 Å². The van der Waals surface area contributed by atoms with Gasteiger partial charge in [0.05, 0.1) is 12.2 Å². The minimum atomic E-state index is 0.114. The lowest BCUT2D eigenvalue weighted by Crippen LogP contribution is -2.40. The maximum absolute atomic E-state index is 5.91. The van der Waals surface area contributed by atoms with Gasteiger partial charge in [0.25, 0.3) is 0 Å². The quantitative estimate of drug-likeness (QED) is 0.560. The molecule has 0 radical (unpaired) electrons. The zero-order chi connectivity index (χ0) is 20.3. The lowest BCUT2D eigenvalue weighted by Gasteiger charge is -2.27. The Bertz CT molecular complexity index is 816. The first-order chi connectivity index (χ1) is 14.3. The van der Waals surface area contributed by atoms with Crippen molar-refractivity contribution in [2.45, 2.75) is 23.8 Å². The average Bonchev–Trinajstić information content (AvgIpc) is 2.80. The van der Waals surface area contributed by atoms with Crippen LogP contribution < -0.4 is 15.4 Å². The van der Waals surface area contributed by atoms with Gasteiger partial charge in [0.2, 0.25) is 5.88 Å². The van der Waals surface area contributed by atoms with Crippen molar-refractivity contribution in [3.63, 3.8) is 0 Å². The van der Waals surface area contributed by atoms with Crippen LogP contribution in [0.25, 0.3) is 0 Å². The molecule has 0 saturated heterocycles. The molecular formula is C24H29N3OS. The second-order valence-corrected chi connectivity index (χ2v) is 7.84. The van der Waals surface area contributed by atoms with E-state index in [1.165, 1.54) is 10.5 Å². The molecule has 152 valence electrons. The Hall–Kier alpha value is -2.50. The van der Waals surface area contributed by atoms with Gasteiger partial charge in [-0.25, -0.2) is 4.98 Å². The fraction of sp³-hybridized carbons (Fsp3) is 0.292. The van der Waals surface area contributed by atoms with Crippen LogP contribution >= 0.6 is 11.8 Å². The van der Waals surface area contributed by atoms with E-state index >= 15 is 0 Å². The predicted octanol–water partition coefficient (Wildman–Crippen LogP) is 5.06. The van der Waals surface area contributed by atoms with Crippen molar-refractivity contribution in [1.29, 1.82) is 0 Å². The Balaban J connectivity index is 0.000000343. The molecule has 1 aliphatic heterocycles. The van der Waals surface area contributed by atoms with E-state index in [0.29, 0.717) is 11.8 Å². The summed E-state index contributed by atoms with van der Waals surface area (Å²) < 4.78 is 5.91. The van der Waals surface area contributed by atoms with Gasteiger partial charge in [0.1, 0.15) is 6.10 Å². The maximum Gasteiger partial charge on any atom is 0.237 e. The van der Waals surface area contributed by atoms with Crippen LogP contribution in [0.4, 0.5) is 5.69 Å². The third-order valence-electron chi connectivity index (χ3n) is 4.74. The number of rotatable bonds is 6. The highest BCUT2D eigenvalue weighted by Crippen LogP contribution is 2.25. The molecule has 2 heterocycles. The molecule has 0 bridgehead atoms. The predicted molar refractivity (Wildman–Crippen MR) is 123 cm³/mol. The fourth-order valence-corrected chi connectivity index (χ4v) is 3.46. The molecule has 0 spiro atoms. The van der Waals surface area contributed by atoms with E-state index in [2.05, 4.69) is 53.1 Å². The van der Waals surface area contributed by atoms with Crippen molar-refractivity contribution in [3.05, 3.63) is 84.6 Å². The molecule has 0 amide bonds. The number of hydrogen-bond donors (Lipinski definition) is 2. The van der Waals surface area contributed by atoms with E-state index in [9.17, 15) is 0 Å². The highest BCUT2D eigenvalue weighted by molar-refractivity contribution is 7.98. The molecule has 29 heavy (non-hydrogen) atoms. The smallest absolute Gasteiger partial charge is 0.237 e. The van der Waals surface area contributed by atoms with Gasteiger partial charge in [-0.05, 0) is 42.0 Å². The number of fused-ring (bicyclic) bond motifs is 1. The van der Waals surface area contributed by atoms with Gasteiger partial charge in [-0.2, -0.15) is 0 Å². The number of pyridine rings is 1. The van der Waals surface area contributed by atoms with Gasteiger partial charge in [0.15, 0.2) is 0 Å².